The third kappa shape index (κ3) is 3.14. The Bertz CT molecular complexity index is 1060. The topological polar surface area (TPSA) is 157 Å². The van der Waals surface area contributed by atoms with Gasteiger partial charge in [-0.25, -0.2) is 15.0 Å². The van der Waals surface area contributed by atoms with Crippen LogP contribution in [0.1, 0.15) is 5.56 Å². The smallest absolute Gasteiger partial charge is 0.269 e. The highest BCUT2D eigenvalue weighted by molar-refractivity contribution is 7.80. The van der Waals surface area contributed by atoms with Gasteiger partial charge >= 0.3 is 0 Å². The van der Waals surface area contributed by atoms with E-state index in [0.29, 0.717) is 21.8 Å². The number of aliphatic hydroxyl groups is 3. The molecule has 0 radical (unpaired) electrons. The Morgan fingerprint density at radius 2 is 1.97 bits per heavy atom. The van der Waals surface area contributed by atoms with Gasteiger partial charge in [-0.3, -0.25) is 14.7 Å². The molecular formula is C17H17N5O6S. The summed E-state index contributed by atoms with van der Waals surface area (Å²) in [5.41, 5.74) is -0.355. The molecule has 1 aliphatic heterocycles. The van der Waals surface area contributed by atoms with Crippen molar-refractivity contribution < 1.29 is 25.0 Å². The summed E-state index contributed by atoms with van der Waals surface area (Å²) in [5, 5.41) is 42.1. The number of hydrogen-bond acceptors (Lipinski definition) is 10. The number of aliphatic hydroxyl groups excluding tert-OH is 3. The maximum absolute atomic E-state index is 10.9. The molecule has 11 nitrogen and oxygen atoms in total. The summed E-state index contributed by atoms with van der Waals surface area (Å²) in [7, 11) is 0. The first-order chi connectivity index (χ1) is 13.9. The van der Waals surface area contributed by atoms with Crippen LogP contribution < -0.4 is 0 Å². The Morgan fingerprint density at radius 1 is 1.24 bits per heavy atom. The molecule has 1 aliphatic rings. The van der Waals surface area contributed by atoms with Crippen LogP contribution in [-0.4, -0.2) is 64.7 Å². The number of fused-ring (bicyclic) bond motifs is 1. The van der Waals surface area contributed by atoms with Gasteiger partial charge in [0.25, 0.3) is 5.69 Å². The molecule has 2 aromatic heterocycles. The predicted octanol–water partition coefficient (Wildman–Crippen LogP) is 0.0316. The van der Waals surface area contributed by atoms with Crippen LogP contribution in [0.2, 0.25) is 0 Å². The highest BCUT2D eigenvalue weighted by atomic mass is 32.1. The van der Waals surface area contributed by atoms with E-state index in [4.69, 9.17) is 4.74 Å². The van der Waals surface area contributed by atoms with E-state index in [2.05, 4.69) is 27.6 Å². The molecule has 0 unspecified atom stereocenters. The molecule has 1 fully saturated rings. The SMILES string of the molecule is O=[N+]([O-])c1ccc(C[C@@]2(n3cnc4c(S)ncnc43)O[C@H](CO)[C@@H](O)[C@H]2O)cc1. The minimum Gasteiger partial charge on any atom is -0.394 e. The molecule has 3 heterocycles. The third-order valence-corrected chi connectivity index (χ3v) is 5.36. The van der Waals surface area contributed by atoms with Gasteiger partial charge in [0, 0.05) is 18.6 Å². The average Bonchev–Trinajstić information content (AvgIpc) is 3.25. The molecule has 1 aromatic carbocycles. The molecule has 12 heteroatoms. The highest BCUT2D eigenvalue weighted by Crippen LogP contribution is 2.40. The van der Waals surface area contributed by atoms with Gasteiger partial charge < -0.3 is 20.1 Å². The number of thiol groups is 1. The number of ether oxygens (including phenoxy) is 1. The molecule has 152 valence electrons. The van der Waals surface area contributed by atoms with Crippen molar-refractivity contribution in [2.45, 2.75) is 35.5 Å². The zero-order chi connectivity index (χ0) is 20.8. The fourth-order valence-corrected chi connectivity index (χ4v) is 3.78. The molecule has 0 spiro atoms. The van der Waals surface area contributed by atoms with Gasteiger partial charge in [-0.1, -0.05) is 12.1 Å². The van der Waals surface area contributed by atoms with Gasteiger partial charge in [0.1, 0.15) is 35.2 Å². The Hall–Kier alpha value is -2.64. The van der Waals surface area contributed by atoms with Gasteiger partial charge in [0.15, 0.2) is 11.4 Å². The Labute approximate surface area is 169 Å². The predicted molar refractivity (Wildman–Crippen MR) is 101 cm³/mol. The van der Waals surface area contributed by atoms with Crippen LogP contribution >= 0.6 is 12.6 Å². The van der Waals surface area contributed by atoms with Gasteiger partial charge in [-0.2, -0.15) is 0 Å². The van der Waals surface area contributed by atoms with E-state index in [1.165, 1.54) is 41.5 Å². The number of benzene rings is 1. The van der Waals surface area contributed by atoms with Crippen molar-refractivity contribution in [3.8, 4) is 0 Å². The summed E-state index contributed by atoms with van der Waals surface area (Å²) in [6.07, 6.45) is -1.16. The fourth-order valence-electron chi connectivity index (χ4n) is 3.58. The normalized spacial score (nSPS) is 26.8. The standard InChI is InChI=1S/C17H17N5O6S/c23-6-11-13(24)14(25)17(28-11,5-9-1-3-10(4-2-9)22(26)27)21-8-20-12-15(21)18-7-19-16(12)29/h1-4,7-8,11,13-14,23-25H,5-6H2,(H,18,19,29)/t11-,13-,14-,17-/m1/s1. The van der Waals surface area contributed by atoms with Crippen molar-refractivity contribution in [2.24, 2.45) is 0 Å². The Balaban J connectivity index is 1.84. The first-order valence-electron chi connectivity index (χ1n) is 8.63. The molecule has 1 saturated heterocycles. The van der Waals surface area contributed by atoms with Crippen LogP contribution in [0.5, 0.6) is 0 Å². The molecule has 3 aromatic rings. The third-order valence-electron chi connectivity index (χ3n) is 5.03. The van der Waals surface area contributed by atoms with E-state index in [1.54, 1.807) is 0 Å². The number of non-ortho nitro benzene ring substituents is 1. The largest absolute Gasteiger partial charge is 0.394 e. The van der Waals surface area contributed by atoms with Crippen molar-refractivity contribution >= 4 is 29.5 Å². The lowest BCUT2D eigenvalue weighted by Crippen LogP contribution is -2.47. The highest BCUT2D eigenvalue weighted by Gasteiger charge is 2.56. The first-order valence-corrected chi connectivity index (χ1v) is 9.07. The number of nitro benzene ring substituents is 1. The number of hydrogen-bond donors (Lipinski definition) is 4. The zero-order valence-corrected chi connectivity index (χ0v) is 15.8. The van der Waals surface area contributed by atoms with Crippen LogP contribution in [-0.2, 0) is 16.9 Å². The van der Waals surface area contributed by atoms with Gasteiger partial charge in [0.05, 0.1) is 17.9 Å². The van der Waals surface area contributed by atoms with E-state index in [0.717, 1.165) is 0 Å². The molecule has 4 rings (SSSR count). The van der Waals surface area contributed by atoms with Crippen LogP contribution in [0.3, 0.4) is 0 Å². The lowest BCUT2D eigenvalue weighted by atomic mass is 9.94. The maximum atomic E-state index is 10.9. The zero-order valence-electron chi connectivity index (χ0n) is 14.9. The van der Waals surface area contributed by atoms with Crippen molar-refractivity contribution in [1.82, 2.24) is 19.5 Å². The van der Waals surface area contributed by atoms with Crippen LogP contribution in [0, 0.1) is 10.1 Å². The van der Waals surface area contributed by atoms with Crippen molar-refractivity contribution in [3.05, 3.63) is 52.6 Å². The number of nitro groups is 1. The summed E-state index contributed by atoms with van der Waals surface area (Å²) in [6.45, 7) is -0.514. The van der Waals surface area contributed by atoms with E-state index < -0.39 is 35.6 Å². The van der Waals surface area contributed by atoms with Crippen molar-refractivity contribution in [2.75, 3.05) is 6.61 Å². The fraction of sp³-hybridized carbons (Fsp3) is 0.353. The van der Waals surface area contributed by atoms with Crippen LogP contribution in [0.15, 0.2) is 41.9 Å². The van der Waals surface area contributed by atoms with E-state index >= 15 is 0 Å². The Morgan fingerprint density at radius 3 is 2.59 bits per heavy atom. The molecule has 0 aliphatic carbocycles. The summed E-state index contributed by atoms with van der Waals surface area (Å²) in [4.78, 5) is 22.8. The van der Waals surface area contributed by atoms with Gasteiger partial charge in [-0.05, 0) is 5.56 Å². The van der Waals surface area contributed by atoms with Crippen molar-refractivity contribution in [3.63, 3.8) is 0 Å². The lowest BCUT2D eigenvalue weighted by molar-refractivity contribution is -0.384. The number of rotatable bonds is 5. The molecule has 0 saturated carbocycles. The van der Waals surface area contributed by atoms with Crippen LogP contribution in [0.4, 0.5) is 5.69 Å². The second-order valence-electron chi connectivity index (χ2n) is 6.70. The average molecular weight is 419 g/mol. The second kappa shape index (κ2) is 7.31. The Kier molecular flexibility index (Phi) is 4.96. The van der Waals surface area contributed by atoms with Crippen molar-refractivity contribution in [1.29, 1.82) is 0 Å². The second-order valence-corrected chi connectivity index (χ2v) is 7.13. The number of imidazole rings is 1. The minimum atomic E-state index is -1.56. The maximum Gasteiger partial charge on any atom is 0.269 e. The molecule has 0 amide bonds. The van der Waals surface area contributed by atoms with E-state index in [9.17, 15) is 25.4 Å². The summed E-state index contributed by atoms with van der Waals surface area (Å²) in [6, 6.07) is 5.74. The minimum absolute atomic E-state index is 0.0249. The molecular weight excluding hydrogens is 402 g/mol. The lowest BCUT2D eigenvalue weighted by Gasteiger charge is -2.34. The molecule has 29 heavy (non-hydrogen) atoms. The molecule has 4 atom stereocenters. The first kappa shape index (κ1) is 19.7. The van der Waals surface area contributed by atoms with E-state index in [1.807, 2.05) is 0 Å². The quantitative estimate of drug-likeness (QED) is 0.194. The molecule has 0 bridgehead atoms. The molecule has 3 N–H and O–H groups in total. The monoisotopic (exact) mass is 419 g/mol. The number of nitrogens with zero attached hydrogens (tertiary/aromatic N) is 5. The van der Waals surface area contributed by atoms with Crippen LogP contribution in [0.25, 0.3) is 11.2 Å². The van der Waals surface area contributed by atoms with Gasteiger partial charge in [-0.15, -0.1) is 12.6 Å². The summed E-state index contributed by atoms with van der Waals surface area (Å²) in [5.74, 6) is 0. The summed E-state index contributed by atoms with van der Waals surface area (Å²) < 4.78 is 7.42. The van der Waals surface area contributed by atoms with Gasteiger partial charge in [0.2, 0.25) is 0 Å². The summed E-state index contributed by atoms with van der Waals surface area (Å²) >= 11 is 4.26. The van der Waals surface area contributed by atoms with E-state index in [-0.39, 0.29) is 12.1 Å². The number of aromatic nitrogens is 4.